The van der Waals surface area contributed by atoms with E-state index in [-0.39, 0.29) is 12.7 Å². The fraction of sp³-hybridized carbons (Fsp3) is 0.333. The zero-order valence-electron chi connectivity index (χ0n) is 6.46. The van der Waals surface area contributed by atoms with Crippen LogP contribution in [0.25, 0.3) is 0 Å². The molecule has 2 nitrogen and oxygen atoms in total. The minimum atomic E-state index is -0.118. The van der Waals surface area contributed by atoms with Crippen LogP contribution in [0, 0.1) is 0 Å². The lowest BCUT2D eigenvalue weighted by Gasteiger charge is -2.05. The molecule has 3 heteroatoms. The molecule has 12 heavy (non-hydrogen) atoms. The molecule has 0 aliphatic carbocycles. The average molecular weight is 229 g/mol. The number of rotatable bonds is 1. The second-order valence-corrected chi connectivity index (χ2v) is 3.74. The Morgan fingerprint density at radius 3 is 3.17 bits per heavy atom. The highest BCUT2D eigenvalue weighted by molar-refractivity contribution is 9.10. The van der Waals surface area contributed by atoms with Gasteiger partial charge in [-0.2, -0.15) is 0 Å². The summed E-state index contributed by atoms with van der Waals surface area (Å²) in [5.41, 5.74) is 2.28. The number of fused-ring (bicyclic) bond motifs is 1. The van der Waals surface area contributed by atoms with Crippen LogP contribution in [0.1, 0.15) is 17.2 Å². The van der Waals surface area contributed by atoms with Crippen LogP contribution in [0.5, 0.6) is 0 Å². The second-order valence-electron chi connectivity index (χ2n) is 2.83. The van der Waals surface area contributed by atoms with Gasteiger partial charge < -0.3 is 9.84 Å². The summed E-state index contributed by atoms with van der Waals surface area (Å²) in [7, 11) is 0. The van der Waals surface area contributed by atoms with Gasteiger partial charge in [-0.1, -0.05) is 22.0 Å². The van der Waals surface area contributed by atoms with E-state index < -0.39 is 0 Å². The Bertz CT molecular complexity index is 299. The first-order valence-electron chi connectivity index (χ1n) is 3.82. The van der Waals surface area contributed by atoms with Gasteiger partial charge >= 0.3 is 0 Å². The fourth-order valence-electron chi connectivity index (χ4n) is 1.44. The molecule has 0 saturated heterocycles. The molecule has 0 spiro atoms. The van der Waals surface area contributed by atoms with E-state index in [1.807, 2.05) is 18.2 Å². The van der Waals surface area contributed by atoms with Crippen LogP contribution in [-0.4, -0.2) is 11.7 Å². The molecule has 0 saturated carbocycles. The van der Waals surface area contributed by atoms with Crippen molar-refractivity contribution in [2.45, 2.75) is 12.7 Å². The van der Waals surface area contributed by atoms with Gasteiger partial charge in [0, 0.05) is 4.47 Å². The third-order valence-corrected chi connectivity index (χ3v) is 2.55. The van der Waals surface area contributed by atoms with E-state index in [2.05, 4.69) is 15.9 Å². The molecule has 0 unspecified atom stereocenters. The highest BCUT2D eigenvalue weighted by Crippen LogP contribution is 2.31. The molecule has 2 rings (SSSR count). The number of halogens is 1. The summed E-state index contributed by atoms with van der Waals surface area (Å²) in [5, 5.41) is 8.95. The Kier molecular flexibility index (Phi) is 2.17. The summed E-state index contributed by atoms with van der Waals surface area (Å²) >= 11 is 3.39. The maximum absolute atomic E-state index is 8.95. The van der Waals surface area contributed by atoms with Crippen LogP contribution in [-0.2, 0) is 11.3 Å². The van der Waals surface area contributed by atoms with Crippen molar-refractivity contribution >= 4 is 15.9 Å². The van der Waals surface area contributed by atoms with Gasteiger partial charge in [0.15, 0.2) is 0 Å². The lowest BCUT2D eigenvalue weighted by atomic mass is 10.1. The van der Waals surface area contributed by atoms with E-state index in [0.29, 0.717) is 6.61 Å². The minimum absolute atomic E-state index is 0.0641. The van der Waals surface area contributed by atoms with Gasteiger partial charge in [-0.3, -0.25) is 0 Å². The van der Waals surface area contributed by atoms with E-state index in [1.165, 1.54) is 5.56 Å². The number of benzene rings is 1. The molecule has 64 valence electrons. The Morgan fingerprint density at radius 2 is 2.42 bits per heavy atom. The first kappa shape index (κ1) is 8.23. The molecule has 1 heterocycles. The van der Waals surface area contributed by atoms with Crippen LogP contribution in [0.3, 0.4) is 0 Å². The van der Waals surface area contributed by atoms with Gasteiger partial charge in [0.05, 0.1) is 13.2 Å². The van der Waals surface area contributed by atoms with Crippen molar-refractivity contribution in [3.8, 4) is 0 Å². The molecule has 0 amide bonds. The monoisotopic (exact) mass is 228 g/mol. The smallest absolute Gasteiger partial charge is 0.106 e. The zero-order valence-corrected chi connectivity index (χ0v) is 8.04. The number of hydrogen-bond donors (Lipinski definition) is 1. The van der Waals surface area contributed by atoms with Gasteiger partial charge in [-0.25, -0.2) is 0 Å². The molecule has 1 atom stereocenters. The molecule has 0 radical (unpaired) electrons. The first-order valence-corrected chi connectivity index (χ1v) is 4.61. The van der Waals surface area contributed by atoms with Crippen LogP contribution in [0.15, 0.2) is 22.7 Å². The predicted octanol–water partition coefficient (Wildman–Crippen LogP) is 2.01. The summed E-state index contributed by atoms with van der Waals surface area (Å²) < 4.78 is 6.42. The summed E-state index contributed by atoms with van der Waals surface area (Å²) in [6.45, 7) is 0.675. The van der Waals surface area contributed by atoms with E-state index in [1.54, 1.807) is 0 Å². The Balaban J connectivity index is 2.40. The van der Waals surface area contributed by atoms with Crippen molar-refractivity contribution in [2.75, 3.05) is 6.61 Å². The van der Waals surface area contributed by atoms with E-state index in [9.17, 15) is 0 Å². The summed E-state index contributed by atoms with van der Waals surface area (Å²) in [5.74, 6) is 0. The van der Waals surface area contributed by atoms with E-state index in [4.69, 9.17) is 9.84 Å². The SMILES string of the molecule is OC[C@H]1OCc2cc(Br)ccc21. The highest BCUT2D eigenvalue weighted by atomic mass is 79.9. The lowest BCUT2D eigenvalue weighted by Crippen LogP contribution is -2.00. The topological polar surface area (TPSA) is 29.5 Å². The second kappa shape index (κ2) is 3.17. The van der Waals surface area contributed by atoms with Crippen molar-refractivity contribution < 1.29 is 9.84 Å². The molecular formula is C9H9BrO2. The van der Waals surface area contributed by atoms with Crippen LogP contribution in [0.4, 0.5) is 0 Å². The predicted molar refractivity (Wildman–Crippen MR) is 48.8 cm³/mol. The van der Waals surface area contributed by atoms with Crippen molar-refractivity contribution in [1.29, 1.82) is 0 Å². The van der Waals surface area contributed by atoms with Crippen molar-refractivity contribution in [2.24, 2.45) is 0 Å². The van der Waals surface area contributed by atoms with Crippen LogP contribution >= 0.6 is 15.9 Å². The minimum Gasteiger partial charge on any atom is -0.393 e. The number of ether oxygens (including phenoxy) is 1. The van der Waals surface area contributed by atoms with Gasteiger partial charge in [0.2, 0.25) is 0 Å². The molecule has 1 aliphatic rings. The van der Waals surface area contributed by atoms with Gasteiger partial charge in [-0.15, -0.1) is 0 Å². The number of aliphatic hydroxyl groups excluding tert-OH is 1. The van der Waals surface area contributed by atoms with Crippen LogP contribution < -0.4 is 0 Å². The van der Waals surface area contributed by atoms with Crippen molar-refractivity contribution in [1.82, 2.24) is 0 Å². The largest absolute Gasteiger partial charge is 0.393 e. The maximum atomic E-state index is 8.95. The third kappa shape index (κ3) is 1.28. The average Bonchev–Trinajstić information content (AvgIpc) is 2.46. The molecule has 0 bridgehead atoms. The Hall–Kier alpha value is -0.380. The summed E-state index contributed by atoms with van der Waals surface area (Å²) in [6.07, 6.45) is -0.118. The molecule has 1 aromatic carbocycles. The van der Waals surface area contributed by atoms with Gasteiger partial charge in [0.25, 0.3) is 0 Å². The van der Waals surface area contributed by atoms with Gasteiger partial charge in [-0.05, 0) is 23.3 Å². The van der Waals surface area contributed by atoms with Crippen molar-refractivity contribution in [3.63, 3.8) is 0 Å². The molecule has 1 N–H and O–H groups in total. The highest BCUT2D eigenvalue weighted by Gasteiger charge is 2.21. The number of hydrogen-bond acceptors (Lipinski definition) is 2. The summed E-state index contributed by atoms with van der Waals surface area (Å²) in [4.78, 5) is 0. The lowest BCUT2D eigenvalue weighted by molar-refractivity contribution is 0.0234. The maximum Gasteiger partial charge on any atom is 0.106 e. The van der Waals surface area contributed by atoms with Crippen molar-refractivity contribution in [3.05, 3.63) is 33.8 Å². The molecular weight excluding hydrogens is 220 g/mol. The number of aliphatic hydroxyl groups is 1. The molecule has 1 aromatic rings. The first-order chi connectivity index (χ1) is 5.81. The Labute approximate surface area is 79.3 Å². The third-order valence-electron chi connectivity index (χ3n) is 2.06. The van der Waals surface area contributed by atoms with Crippen LogP contribution in [0.2, 0.25) is 0 Å². The fourth-order valence-corrected chi connectivity index (χ4v) is 1.85. The zero-order chi connectivity index (χ0) is 8.55. The molecule has 0 aromatic heterocycles. The quantitative estimate of drug-likeness (QED) is 0.798. The Morgan fingerprint density at radius 1 is 1.58 bits per heavy atom. The normalized spacial score (nSPS) is 21.0. The van der Waals surface area contributed by atoms with E-state index in [0.717, 1.165) is 10.0 Å². The summed E-state index contributed by atoms with van der Waals surface area (Å²) in [6, 6.07) is 5.99. The van der Waals surface area contributed by atoms with Gasteiger partial charge in [0.1, 0.15) is 6.10 Å². The van der Waals surface area contributed by atoms with E-state index >= 15 is 0 Å². The molecule has 0 fully saturated rings. The standard InChI is InChI=1S/C9H9BrO2/c10-7-1-2-8-6(3-7)5-12-9(8)4-11/h1-3,9,11H,4-5H2/t9-/m1/s1. The molecule has 1 aliphatic heterocycles.